The number of methoxy groups -OCH3 is 2. The summed E-state index contributed by atoms with van der Waals surface area (Å²) >= 11 is 0. The second kappa shape index (κ2) is 12.2. The minimum atomic E-state index is 0. The van der Waals surface area contributed by atoms with Gasteiger partial charge >= 0.3 is 0 Å². The molecule has 0 amide bonds. The van der Waals surface area contributed by atoms with E-state index in [0.29, 0.717) is 12.5 Å². The number of benzene rings is 1. The molecule has 1 saturated heterocycles. The molecule has 0 saturated carbocycles. The SMILES string of the molecule is COc1cc(CN=C(N)NCCCN2CCOCC2)cc(OC)c1.I. The molecule has 1 fully saturated rings. The molecule has 142 valence electrons. The zero-order valence-corrected chi connectivity index (χ0v) is 17.3. The minimum absolute atomic E-state index is 0. The van der Waals surface area contributed by atoms with E-state index in [4.69, 9.17) is 19.9 Å². The number of hydrogen-bond donors (Lipinski definition) is 2. The van der Waals surface area contributed by atoms with Gasteiger partial charge in [-0.25, -0.2) is 4.99 Å². The van der Waals surface area contributed by atoms with E-state index < -0.39 is 0 Å². The first-order valence-corrected chi connectivity index (χ1v) is 8.27. The Hall–Kier alpha value is -1.26. The van der Waals surface area contributed by atoms with Crippen LogP contribution in [-0.4, -0.2) is 64.5 Å². The number of rotatable bonds is 8. The maximum absolute atomic E-state index is 5.92. The molecular weight excluding hydrogens is 435 g/mol. The van der Waals surface area contributed by atoms with Gasteiger partial charge in [0.25, 0.3) is 0 Å². The lowest BCUT2D eigenvalue weighted by Crippen LogP contribution is -2.39. The van der Waals surface area contributed by atoms with Crippen LogP contribution in [0.15, 0.2) is 23.2 Å². The highest BCUT2D eigenvalue weighted by molar-refractivity contribution is 14.0. The molecule has 3 N–H and O–H groups in total. The predicted octanol–water partition coefficient (Wildman–Crippen LogP) is 1.45. The van der Waals surface area contributed by atoms with Crippen molar-refractivity contribution in [3.63, 3.8) is 0 Å². The molecule has 8 heteroatoms. The number of morpholine rings is 1. The Kier molecular flexibility index (Phi) is 10.6. The van der Waals surface area contributed by atoms with Gasteiger partial charge in [0.15, 0.2) is 5.96 Å². The smallest absolute Gasteiger partial charge is 0.188 e. The topological polar surface area (TPSA) is 81.3 Å². The van der Waals surface area contributed by atoms with Crippen molar-refractivity contribution in [2.45, 2.75) is 13.0 Å². The van der Waals surface area contributed by atoms with Crippen LogP contribution in [0.25, 0.3) is 0 Å². The summed E-state index contributed by atoms with van der Waals surface area (Å²) in [5.41, 5.74) is 6.91. The first kappa shape index (κ1) is 21.8. The van der Waals surface area contributed by atoms with Gasteiger partial charge in [-0.1, -0.05) is 0 Å². The van der Waals surface area contributed by atoms with Crippen LogP contribution >= 0.6 is 24.0 Å². The molecule has 1 heterocycles. The summed E-state index contributed by atoms with van der Waals surface area (Å²) in [7, 11) is 3.26. The number of hydrogen-bond acceptors (Lipinski definition) is 5. The molecule has 2 rings (SSSR count). The summed E-state index contributed by atoms with van der Waals surface area (Å²) in [5, 5.41) is 3.16. The summed E-state index contributed by atoms with van der Waals surface area (Å²) in [6.45, 7) is 6.05. The molecule has 0 bridgehead atoms. The highest BCUT2D eigenvalue weighted by Gasteiger charge is 2.09. The van der Waals surface area contributed by atoms with E-state index >= 15 is 0 Å². The van der Waals surface area contributed by atoms with E-state index in [2.05, 4.69) is 15.2 Å². The van der Waals surface area contributed by atoms with Crippen molar-refractivity contribution < 1.29 is 14.2 Å². The fraction of sp³-hybridized carbons (Fsp3) is 0.588. The van der Waals surface area contributed by atoms with E-state index in [0.717, 1.165) is 62.9 Å². The molecule has 0 radical (unpaired) electrons. The van der Waals surface area contributed by atoms with Crippen LogP contribution in [0.5, 0.6) is 11.5 Å². The average molecular weight is 464 g/mol. The maximum atomic E-state index is 5.92. The monoisotopic (exact) mass is 464 g/mol. The normalized spacial score (nSPS) is 15.4. The van der Waals surface area contributed by atoms with E-state index in [1.807, 2.05) is 18.2 Å². The third kappa shape index (κ3) is 8.10. The Balaban J connectivity index is 0.00000312. The zero-order valence-electron chi connectivity index (χ0n) is 15.0. The van der Waals surface area contributed by atoms with Gasteiger partial charge in [-0.15, -0.1) is 24.0 Å². The first-order chi connectivity index (χ1) is 11.7. The van der Waals surface area contributed by atoms with Crippen LogP contribution < -0.4 is 20.5 Å². The van der Waals surface area contributed by atoms with Gasteiger partial charge in [0.05, 0.1) is 34.0 Å². The average Bonchev–Trinajstić information content (AvgIpc) is 2.64. The second-order valence-electron chi connectivity index (χ2n) is 5.66. The molecule has 7 nitrogen and oxygen atoms in total. The van der Waals surface area contributed by atoms with Crippen LogP contribution in [0, 0.1) is 0 Å². The van der Waals surface area contributed by atoms with Crippen molar-refractivity contribution >= 4 is 29.9 Å². The van der Waals surface area contributed by atoms with E-state index in [9.17, 15) is 0 Å². The van der Waals surface area contributed by atoms with Crippen molar-refractivity contribution in [1.29, 1.82) is 0 Å². The van der Waals surface area contributed by atoms with Gasteiger partial charge in [-0.2, -0.15) is 0 Å². The van der Waals surface area contributed by atoms with E-state index in [1.54, 1.807) is 14.2 Å². The number of guanidine groups is 1. The van der Waals surface area contributed by atoms with Gasteiger partial charge in [-0.3, -0.25) is 4.90 Å². The Bertz CT molecular complexity index is 514. The molecule has 0 aromatic heterocycles. The van der Waals surface area contributed by atoms with Gasteiger partial charge in [0.1, 0.15) is 11.5 Å². The van der Waals surface area contributed by atoms with Crippen LogP contribution in [0.4, 0.5) is 0 Å². The molecule has 0 atom stereocenters. The molecule has 0 aliphatic carbocycles. The Labute approximate surface area is 166 Å². The Morgan fingerprint density at radius 3 is 2.44 bits per heavy atom. The molecule has 1 aromatic carbocycles. The van der Waals surface area contributed by atoms with Gasteiger partial charge in [0, 0.05) is 25.7 Å². The predicted molar refractivity (Wildman–Crippen MR) is 110 cm³/mol. The standard InChI is InChI=1S/C17H28N4O3.HI/c1-22-15-10-14(11-16(12-15)23-2)13-20-17(18)19-4-3-5-21-6-8-24-9-7-21;/h10-12H,3-9,13H2,1-2H3,(H3,18,19,20);1H. The summed E-state index contributed by atoms with van der Waals surface area (Å²) in [6, 6.07) is 5.69. The van der Waals surface area contributed by atoms with Crippen LogP contribution in [0.1, 0.15) is 12.0 Å². The summed E-state index contributed by atoms with van der Waals surface area (Å²) in [6.07, 6.45) is 1.03. The van der Waals surface area contributed by atoms with Gasteiger partial charge in [0.2, 0.25) is 0 Å². The third-order valence-corrected chi connectivity index (χ3v) is 3.90. The largest absolute Gasteiger partial charge is 0.497 e. The van der Waals surface area contributed by atoms with Crippen molar-refractivity contribution in [3.05, 3.63) is 23.8 Å². The first-order valence-electron chi connectivity index (χ1n) is 8.27. The summed E-state index contributed by atoms with van der Waals surface area (Å²) in [4.78, 5) is 6.77. The van der Waals surface area contributed by atoms with Crippen LogP contribution in [-0.2, 0) is 11.3 Å². The quantitative estimate of drug-likeness (QED) is 0.263. The van der Waals surface area contributed by atoms with Crippen LogP contribution in [0.2, 0.25) is 0 Å². The van der Waals surface area contributed by atoms with E-state index in [1.165, 1.54) is 0 Å². The number of halogens is 1. The minimum Gasteiger partial charge on any atom is -0.497 e. The highest BCUT2D eigenvalue weighted by atomic mass is 127. The van der Waals surface area contributed by atoms with Gasteiger partial charge in [-0.05, 0) is 30.7 Å². The number of nitrogens with zero attached hydrogens (tertiary/aromatic N) is 2. The number of nitrogens with two attached hydrogens (primary N) is 1. The third-order valence-electron chi connectivity index (χ3n) is 3.90. The highest BCUT2D eigenvalue weighted by Crippen LogP contribution is 2.22. The number of aliphatic imine (C=N–C) groups is 1. The maximum Gasteiger partial charge on any atom is 0.188 e. The molecule has 0 spiro atoms. The molecule has 1 aliphatic heterocycles. The van der Waals surface area contributed by atoms with E-state index in [-0.39, 0.29) is 24.0 Å². The fourth-order valence-electron chi connectivity index (χ4n) is 2.53. The lowest BCUT2D eigenvalue weighted by atomic mass is 10.2. The van der Waals surface area contributed by atoms with Crippen molar-refractivity contribution in [2.75, 3.05) is 53.6 Å². The molecule has 1 aromatic rings. The Morgan fingerprint density at radius 2 is 1.84 bits per heavy atom. The molecule has 25 heavy (non-hydrogen) atoms. The van der Waals surface area contributed by atoms with Crippen molar-refractivity contribution in [1.82, 2.24) is 10.2 Å². The number of ether oxygens (including phenoxy) is 3. The molecular formula is C17H29IN4O3. The van der Waals surface area contributed by atoms with Gasteiger partial charge < -0.3 is 25.3 Å². The summed E-state index contributed by atoms with van der Waals surface area (Å²) in [5.74, 6) is 1.95. The number of nitrogens with one attached hydrogen (secondary N) is 1. The molecule has 1 aliphatic rings. The van der Waals surface area contributed by atoms with Crippen molar-refractivity contribution in [3.8, 4) is 11.5 Å². The lowest BCUT2D eigenvalue weighted by Gasteiger charge is -2.26. The molecule has 0 unspecified atom stereocenters. The lowest BCUT2D eigenvalue weighted by molar-refractivity contribution is 0.0376. The second-order valence-corrected chi connectivity index (χ2v) is 5.66. The fourth-order valence-corrected chi connectivity index (χ4v) is 2.53. The Morgan fingerprint density at radius 1 is 1.20 bits per heavy atom. The summed E-state index contributed by atoms with van der Waals surface area (Å²) < 4.78 is 15.8. The zero-order chi connectivity index (χ0) is 17.2. The van der Waals surface area contributed by atoms with Crippen LogP contribution in [0.3, 0.4) is 0 Å². The van der Waals surface area contributed by atoms with Crippen molar-refractivity contribution in [2.24, 2.45) is 10.7 Å².